The third-order valence-electron chi connectivity index (χ3n) is 5.61. The normalized spacial score (nSPS) is 22.6. The summed E-state index contributed by atoms with van der Waals surface area (Å²) in [5, 5.41) is 4.35. The predicted molar refractivity (Wildman–Crippen MR) is 110 cm³/mol. The topological polar surface area (TPSA) is 115 Å². The van der Waals surface area contributed by atoms with Gasteiger partial charge in [-0.3, -0.25) is 9.79 Å². The Balaban J connectivity index is 1.49. The smallest absolute Gasteiger partial charge is 0.244 e. The maximum absolute atomic E-state index is 11.7. The van der Waals surface area contributed by atoms with Crippen LogP contribution in [0.1, 0.15) is 37.3 Å². The average Bonchev–Trinajstić information content (AvgIpc) is 3.45. The first kappa shape index (κ1) is 18.6. The van der Waals surface area contributed by atoms with E-state index in [0.29, 0.717) is 24.7 Å². The maximum Gasteiger partial charge on any atom is 0.244 e. The van der Waals surface area contributed by atoms with Gasteiger partial charge in [-0.1, -0.05) is 12.2 Å². The summed E-state index contributed by atoms with van der Waals surface area (Å²) < 4.78 is 7.93. The Morgan fingerprint density at radius 1 is 1.33 bits per heavy atom. The first-order valence-electron chi connectivity index (χ1n) is 10.1. The van der Waals surface area contributed by atoms with E-state index in [4.69, 9.17) is 15.5 Å². The summed E-state index contributed by atoms with van der Waals surface area (Å²) >= 11 is 0. The molecule has 5 rings (SSSR count). The average molecular weight is 408 g/mol. The van der Waals surface area contributed by atoms with Gasteiger partial charge in [0.1, 0.15) is 42.4 Å². The summed E-state index contributed by atoms with van der Waals surface area (Å²) in [4.78, 5) is 29.8. The molecule has 1 unspecified atom stereocenters. The number of nitrogens with zero attached hydrogens (tertiary/aromatic N) is 7. The zero-order valence-electron chi connectivity index (χ0n) is 17.0. The molecule has 2 atom stereocenters. The van der Waals surface area contributed by atoms with Crippen LogP contribution in [0.25, 0.3) is 0 Å². The van der Waals surface area contributed by atoms with E-state index in [9.17, 15) is 4.79 Å². The van der Waals surface area contributed by atoms with Gasteiger partial charge in [0, 0.05) is 31.4 Å². The molecule has 0 fully saturated rings. The van der Waals surface area contributed by atoms with Gasteiger partial charge in [-0.05, 0) is 13.8 Å². The molecule has 0 aliphatic carbocycles. The molecule has 0 bridgehead atoms. The lowest BCUT2D eigenvalue weighted by atomic mass is 10.2. The minimum atomic E-state index is -0.492. The second-order valence-electron chi connectivity index (χ2n) is 7.89. The Morgan fingerprint density at radius 3 is 3.00 bits per heavy atom. The summed E-state index contributed by atoms with van der Waals surface area (Å²) in [5.74, 6) is 2.69. The highest BCUT2D eigenvalue weighted by Gasteiger charge is 2.34. The molecule has 10 heteroatoms. The fraction of sp³-hybridized carbons (Fsp3) is 0.450. The Labute approximate surface area is 174 Å². The highest BCUT2D eigenvalue weighted by Crippen LogP contribution is 2.34. The minimum Gasteiger partial charge on any atom is -0.491 e. The molecule has 0 radical (unpaired) electrons. The van der Waals surface area contributed by atoms with Crippen molar-refractivity contribution in [1.82, 2.24) is 24.6 Å². The van der Waals surface area contributed by atoms with E-state index >= 15 is 0 Å². The fourth-order valence-electron chi connectivity index (χ4n) is 4.18. The van der Waals surface area contributed by atoms with E-state index in [-0.39, 0.29) is 12.1 Å². The number of primary amides is 1. The van der Waals surface area contributed by atoms with Gasteiger partial charge in [-0.15, -0.1) is 0 Å². The van der Waals surface area contributed by atoms with Crippen LogP contribution in [0.2, 0.25) is 0 Å². The second kappa shape index (κ2) is 7.12. The molecular formula is C20H24N8O2. The molecule has 30 heavy (non-hydrogen) atoms. The molecule has 5 heterocycles. The SMILES string of the molecule is CC(C)n1ncnc1C1CN2CCOc3cc(N4CC=C[C@@H]4C(N)=O)ncc3C2=N1. The number of amidine groups is 1. The second-order valence-corrected chi connectivity index (χ2v) is 7.89. The van der Waals surface area contributed by atoms with Crippen LogP contribution in [0.3, 0.4) is 0 Å². The Hall–Kier alpha value is -3.43. The lowest BCUT2D eigenvalue weighted by Crippen LogP contribution is -2.41. The Kier molecular flexibility index (Phi) is 4.41. The number of aliphatic imine (C=N–C) groups is 1. The van der Waals surface area contributed by atoms with E-state index in [1.807, 2.05) is 21.7 Å². The van der Waals surface area contributed by atoms with E-state index in [1.165, 1.54) is 0 Å². The predicted octanol–water partition coefficient (Wildman–Crippen LogP) is 0.680. The van der Waals surface area contributed by atoms with E-state index < -0.39 is 11.9 Å². The lowest BCUT2D eigenvalue weighted by Gasteiger charge is -2.24. The minimum absolute atomic E-state index is 0.0856. The molecule has 2 N–H and O–H groups in total. The number of amides is 1. The van der Waals surface area contributed by atoms with Crippen molar-refractivity contribution >= 4 is 17.6 Å². The molecule has 0 saturated carbocycles. The third kappa shape index (κ3) is 2.99. The molecule has 2 aromatic heterocycles. The van der Waals surface area contributed by atoms with Crippen LogP contribution in [0, 0.1) is 0 Å². The number of anilines is 1. The van der Waals surface area contributed by atoms with Gasteiger partial charge in [-0.2, -0.15) is 5.10 Å². The number of carbonyl (C=O) groups is 1. The summed E-state index contributed by atoms with van der Waals surface area (Å²) in [6.07, 6.45) is 7.08. The molecule has 1 amide bonds. The van der Waals surface area contributed by atoms with Crippen molar-refractivity contribution < 1.29 is 9.53 Å². The molecule has 156 valence electrons. The van der Waals surface area contributed by atoms with Crippen LogP contribution in [0.4, 0.5) is 5.82 Å². The van der Waals surface area contributed by atoms with Gasteiger partial charge in [0.05, 0.1) is 12.1 Å². The van der Waals surface area contributed by atoms with Gasteiger partial charge in [0.2, 0.25) is 5.91 Å². The molecule has 0 aromatic carbocycles. The van der Waals surface area contributed by atoms with E-state index in [2.05, 4.69) is 33.8 Å². The van der Waals surface area contributed by atoms with Crippen molar-refractivity contribution in [2.24, 2.45) is 10.7 Å². The van der Waals surface area contributed by atoms with Gasteiger partial charge in [-0.25, -0.2) is 14.6 Å². The van der Waals surface area contributed by atoms with Gasteiger partial charge in [0.15, 0.2) is 5.82 Å². The van der Waals surface area contributed by atoms with Crippen LogP contribution in [0.5, 0.6) is 5.75 Å². The number of aromatic nitrogens is 4. The van der Waals surface area contributed by atoms with Gasteiger partial charge >= 0.3 is 0 Å². The highest BCUT2D eigenvalue weighted by atomic mass is 16.5. The summed E-state index contributed by atoms with van der Waals surface area (Å²) in [6, 6.07) is 1.51. The van der Waals surface area contributed by atoms with Crippen LogP contribution >= 0.6 is 0 Å². The van der Waals surface area contributed by atoms with E-state index in [1.54, 1.807) is 18.6 Å². The van der Waals surface area contributed by atoms with Crippen molar-refractivity contribution in [2.75, 3.05) is 31.1 Å². The highest BCUT2D eigenvalue weighted by molar-refractivity contribution is 6.02. The third-order valence-corrected chi connectivity index (χ3v) is 5.61. The molecule has 10 nitrogen and oxygen atoms in total. The molecular weight excluding hydrogens is 384 g/mol. The monoisotopic (exact) mass is 408 g/mol. The number of hydrogen-bond donors (Lipinski definition) is 1. The molecule has 3 aliphatic heterocycles. The molecule has 0 spiro atoms. The van der Waals surface area contributed by atoms with Crippen molar-refractivity contribution in [3.05, 3.63) is 42.1 Å². The number of nitrogens with two attached hydrogens (primary N) is 1. The fourth-order valence-corrected chi connectivity index (χ4v) is 4.18. The number of rotatable bonds is 4. The zero-order valence-corrected chi connectivity index (χ0v) is 17.0. The Morgan fingerprint density at radius 2 is 2.20 bits per heavy atom. The standard InChI is InChI=1S/C20H24N8O2/c1-12(2)28-20(23-11-24-28)14-10-26-6-7-30-16-8-17(22-9-13(16)19(26)25-14)27-5-3-4-15(27)18(21)29/h3-4,8-9,11-12,14-15H,5-7,10H2,1-2H3,(H2,21,29)/t14?,15-/m1/s1. The number of pyridine rings is 1. The Bertz CT molecular complexity index is 1040. The van der Waals surface area contributed by atoms with E-state index in [0.717, 1.165) is 30.3 Å². The molecule has 0 saturated heterocycles. The van der Waals surface area contributed by atoms with Crippen molar-refractivity contribution in [2.45, 2.75) is 32.0 Å². The summed E-state index contributed by atoms with van der Waals surface area (Å²) in [7, 11) is 0. The van der Waals surface area contributed by atoms with Crippen LogP contribution in [-0.4, -0.2) is 68.7 Å². The molecule has 3 aliphatic rings. The number of hydrogen-bond acceptors (Lipinski definition) is 8. The van der Waals surface area contributed by atoms with Gasteiger partial charge in [0.25, 0.3) is 0 Å². The maximum atomic E-state index is 11.7. The number of ether oxygens (including phenoxy) is 1. The first-order valence-corrected chi connectivity index (χ1v) is 10.1. The van der Waals surface area contributed by atoms with Crippen molar-refractivity contribution in [1.29, 1.82) is 0 Å². The van der Waals surface area contributed by atoms with Gasteiger partial charge < -0.3 is 20.3 Å². The van der Waals surface area contributed by atoms with Crippen molar-refractivity contribution in [3.8, 4) is 5.75 Å². The van der Waals surface area contributed by atoms with Crippen LogP contribution < -0.4 is 15.4 Å². The van der Waals surface area contributed by atoms with Crippen LogP contribution in [0.15, 0.2) is 35.7 Å². The quantitative estimate of drug-likeness (QED) is 0.740. The number of carbonyl (C=O) groups excluding carboxylic acids is 1. The summed E-state index contributed by atoms with van der Waals surface area (Å²) in [6.45, 7) is 6.74. The molecule has 2 aromatic rings. The van der Waals surface area contributed by atoms with Crippen molar-refractivity contribution in [3.63, 3.8) is 0 Å². The number of fused-ring (bicyclic) bond motifs is 3. The first-order chi connectivity index (χ1) is 14.5. The lowest BCUT2D eigenvalue weighted by molar-refractivity contribution is -0.118. The summed E-state index contributed by atoms with van der Waals surface area (Å²) in [5.41, 5.74) is 6.37. The largest absolute Gasteiger partial charge is 0.491 e. The van der Waals surface area contributed by atoms with Crippen LogP contribution in [-0.2, 0) is 4.79 Å². The zero-order chi connectivity index (χ0) is 20.8.